The van der Waals surface area contributed by atoms with E-state index in [1.54, 1.807) is 6.92 Å². The van der Waals surface area contributed by atoms with Crippen LogP contribution >= 0.6 is 15.9 Å². The zero-order valence-electron chi connectivity index (χ0n) is 12.1. The summed E-state index contributed by atoms with van der Waals surface area (Å²) in [4.78, 5) is 4.39. The molecule has 0 aliphatic carbocycles. The molecule has 1 aliphatic heterocycles. The fourth-order valence-electron chi connectivity index (χ4n) is 2.57. The molecule has 2 aromatic rings. The van der Waals surface area contributed by atoms with Gasteiger partial charge in [-0.15, -0.1) is 0 Å². The minimum absolute atomic E-state index is 0.0806. The smallest absolute Gasteiger partial charge is 0.245 e. The minimum Gasteiger partial charge on any atom is -0.337 e. The maximum atomic E-state index is 12.1. The van der Waals surface area contributed by atoms with Crippen LogP contribution in [0, 0.1) is 0 Å². The Kier molecular flexibility index (Phi) is 4.33. The van der Waals surface area contributed by atoms with Crippen LogP contribution in [0.3, 0.4) is 0 Å². The molecule has 0 amide bonds. The van der Waals surface area contributed by atoms with Crippen molar-refractivity contribution in [3.63, 3.8) is 0 Å². The predicted molar refractivity (Wildman–Crippen MR) is 85.6 cm³/mol. The average Bonchev–Trinajstić information content (AvgIpc) is 3.17. The summed E-state index contributed by atoms with van der Waals surface area (Å²) in [6, 6.07) is 7.22. The average molecular weight is 386 g/mol. The second kappa shape index (κ2) is 6.10. The molecule has 1 atom stereocenters. The lowest BCUT2D eigenvalue weighted by molar-refractivity contribution is 0.291. The fraction of sp³-hybridized carbons (Fsp3) is 0.429. The monoisotopic (exact) mass is 385 g/mol. The first-order valence-corrected chi connectivity index (χ1v) is 9.50. The van der Waals surface area contributed by atoms with Crippen molar-refractivity contribution < 1.29 is 12.9 Å². The van der Waals surface area contributed by atoms with Crippen molar-refractivity contribution in [3.05, 3.63) is 34.6 Å². The summed E-state index contributed by atoms with van der Waals surface area (Å²) < 4.78 is 32.0. The van der Waals surface area contributed by atoms with Gasteiger partial charge in [-0.2, -0.15) is 9.29 Å². The molecule has 0 saturated carbocycles. The van der Waals surface area contributed by atoms with E-state index in [2.05, 4.69) is 26.1 Å². The van der Waals surface area contributed by atoms with Gasteiger partial charge in [0.25, 0.3) is 0 Å². The number of sulfonamides is 1. The first-order chi connectivity index (χ1) is 10.5. The Morgan fingerprint density at radius 1 is 1.36 bits per heavy atom. The highest BCUT2D eigenvalue weighted by atomic mass is 79.9. The zero-order valence-corrected chi connectivity index (χ0v) is 14.5. The highest BCUT2D eigenvalue weighted by Gasteiger charge is 2.37. The summed E-state index contributed by atoms with van der Waals surface area (Å²) in [5.74, 6) is 0.924. The van der Waals surface area contributed by atoms with Gasteiger partial charge in [0, 0.05) is 16.6 Å². The third kappa shape index (κ3) is 2.95. The van der Waals surface area contributed by atoms with Crippen LogP contribution in [0.1, 0.15) is 31.7 Å². The number of halogens is 1. The van der Waals surface area contributed by atoms with E-state index in [9.17, 15) is 8.42 Å². The Balaban J connectivity index is 1.88. The number of benzene rings is 1. The largest absolute Gasteiger partial charge is 0.337 e. The highest BCUT2D eigenvalue weighted by molar-refractivity contribution is 9.10. The van der Waals surface area contributed by atoms with Crippen molar-refractivity contribution in [2.24, 2.45) is 0 Å². The van der Waals surface area contributed by atoms with Gasteiger partial charge in [0.15, 0.2) is 0 Å². The van der Waals surface area contributed by atoms with Crippen LogP contribution in [0.4, 0.5) is 0 Å². The Labute approximate surface area is 137 Å². The van der Waals surface area contributed by atoms with Crippen molar-refractivity contribution in [2.75, 3.05) is 12.3 Å². The van der Waals surface area contributed by atoms with E-state index in [-0.39, 0.29) is 11.8 Å². The lowest BCUT2D eigenvalue weighted by Gasteiger charge is -2.20. The van der Waals surface area contributed by atoms with Crippen LogP contribution in [-0.2, 0) is 10.0 Å². The van der Waals surface area contributed by atoms with Crippen LogP contribution < -0.4 is 0 Å². The van der Waals surface area contributed by atoms with E-state index in [1.807, 2.05) is 24.3 Å². The number of hydrogen-bond acceptors (Lipinski definition) is 5. The summed E-state index contributed by atoms with van der Waals surface area (Å²) in [5, 5.41) is 3.98. The van der Waals surface area contributed by atoms with E-state index in [0.717, 1.165) is 16.5 Å². The van der Waals surface area contributed by atoms with Crippen molar-refractivity contribution in [1.82, 2.24) is 14.4 Å². The third-order valence-electron chi connectivity index (χ3n) is 3.76. The SMILES string of the molecule is CCS(=O)(=O)N1CCCC1c1nc(-c2ccc(Br)cc2)no1. The number of nitrogens with zero attached hydrogens (tertiary/aromatic N) is 3. The fourth-order valence-corrected chi connectivity index (χ4v) is 4.16. The van der Waals surface area contributed by atoms with Crippen molar-refractivity contribution >= 4 is 26.0 Å². The topological polar surface area (TPSA) is 76.3 Å². The van der Waals surface area contributed by atoms with Gasteiger partial charge in [0.1, 0.15) is 6.04 Å². The standard InChI is InChI=1S/C14H16BrN3O3S/c1-2-22(19,20)18-9-3-4-12(18)14-16-13(17-21-14)10-5-7-11(15)8-6-10/h5-8,12H,2-4,9H2,1H3. The number of rotatable bonds is 4. The van der Waals surface area contributed by atoms with Crippen LogP contribution in [-0.4, -0.2) is 35.2 Å². The molecule has 1 fully saturated rings. The molecule has 1 aromatic carbocycles. The molecule has 1 unspecified atom stereocenters. The van der Waals surface area contributed by atoms with Crippen LogP contribution in [0.15, 0.2) is 33.3 Å². The molecule has 8 heteroatoms. The van der Waals surface area contributed by atoms with E-state index in [1.165, 1.54) is 4.31 Å². The molecule has 0 N–H and O–H groups in total. The van der Waals surface area contributed by atoms with Gasteiger partial charge in [0.2, 0.25) is 21.7 Å². The summed E-state index contributed by atoms with van der Waals surface area (Å²) in [7, 11) is -3.26. The molecule has 22 heavy (non-hydrogen) atoms. The molecule has 0 bridgehead atoms. The van der Waals surface area contributed by atoms with Gasteiger partial charge in [0.05, 0.1) is 5.75 Å². The van der Waals surface area contributed by atoms with E-state index < -0.39 is 10.0 Å². The maximum Gasteiger partial charge on any atom is 0.245 e. The molecule has 0 radical (unpaired) electrons. The Hall–Kier alpha value is -1.25. The van der Waals surface area contributed by atoms with Gasteiger partial charge >= 0.3 is 0 Å². The molecular weight excluding hydrogens is 370 g/mol. The minimum atomic E-state index is -3.26. The summed E-state index contributed by atoms with van der Waals surface area (Å²) in [6.45, 7) is 2.16. The van der Waals surface area contributed by atoms with Gasteiger partial charge in [-0.3, -0.25) is 0 Å². The lowest BCUT2D eigenvalue weighted by Crippen LogP contribution is -2.32. The van der Waals surface area contributed by atoms with Crippen molar-refractivity contribution in [2.45, 2.75) is 25.8 Å². The lowest BCUT2D eigenvalue weighted by atomic mass is 10.2. The second-order valence-corrected chi connectivity index (χ2v) is 8.26. The van der Waals surface area contributed by atoms with Gasteiger partial charge < -0.3 is 4.52 Å². The summed E-state index contributed by atoms with van der Waals surface area (Å²) in [5.41, 5.74) is 0.834. The Bertz CT molecular complexity index is 758. The van der Waals surface area contributed by atoms with E-state index in [4.69, 9.17) is 4.52 Å². The maximum absolute atomic E-state index is 12.1. The normalized spacial score (nSPS) is 19.6. The number of aromatic nitrogens is 2. The quantitative estimate of drug-likeness (QED) is 0.808. The molecule has 1 aromatic heterocycles. The molecule has 2 heterocycles. The van der Waals surface area contributed by atoms with E-state index in [0.29, 0.717) is 24.7 Å². The third-order valence-corrected chi connectivity index (χ3v) is 6.16. The van der Waals surface area contributed by atoms with Crippen LogP contribution in [0.25, 0.3) is 11.4 Å². The molecule has 1 saturated heterocycles. The van der Waals surface area contributed by atoms with Crippen molar-refractivity contribution in [1.29, 1.82) is 0 Å². The molecule has 118 valence electrons. The van der Waals surface area contributed by atoms with Gasteiger partial charge in [-0.05, 0) is 44.0 Å². The predicted octanol–water partition coefficient (Wildman–Crippen LogP) is 2.99. The Morgan fingerprint density at radius 3 is 2.77 bits per heavy atom. The Morgan fingerprint density at radius 2 is 2.09 bits per heavy atom. The van der Waals surface area contributed by atoms with Crippen LogP contribution in [0.5, 0.6) is 0 Å². The second-order valence-electron chi connectivity index (χ2n) is 5.13. The first-order valence-electron chi connectivity index (χ1n) is 7.10. The van der Waals surface area contributed by atoms with Crippen molar-refractivity contribution in [3.8, 4) is 11.4 Å². The summed E-state index contributed by atoms with van der Waals surface area (Å²) in [6.07, 6.45) is 1.51. The summed E-state index contributed by atoms with van der Waals surface area (Å²) >= 11 is 3.38. The molecular formula is C14H16BrN3O3S. The van der Waals surface area contributed by atoms with Gasteiger partial charge in [-0.25, -0.2) is 8.42 Å². The molecule has 3 rings (SSSR count). The highest BCUT2D eigenvalue weighted by Crippen LogP contribution is 2.34. The zero-order chi connectivity index (χ0) is 15.7. The first kappa shape index (κ1) is 15.6. The van der Waals surface area contributed by atoms with E-state index >= 15 is 0 Å². The van der Waals surface area contributed by atoms with Crippen LogP contribution in [0.2, 0.25) is 0 Å². The molecule has 0 spiro atoms. The molecule has 1 aliphatic rings. The molecule has 6 nitrogen and oxygen atoms in total. The number of hydrogen-bond donors (Lipinski definition) is 0. The van der Waals surface area contributed by atoms with Gasteiger partial charge in [-0.1, -0.05) is 21.1 Å².